The number of hydrogen-bond acceptors (Lipinski definition) is 3. The minimum Gasteiger partial charge on any atom is -0.497 e. The zero-order valence-corrected chi connectivity index (χ0v) is 15.1. The summed E-state index contributed by atoms with van der Waals surface area (Å²) in [6, 6.07) is 19.8. The van der Waals surface area contributed by atoms with Crippen molar-refractivity contribution in [1.29, 1.82) is 0 Å². The van der Waals surface area contributed by atoms with Gasteiger partial charge in [-0.15, -0.1) is 0 Å². The predicted molar refractivity (Wildman–Crippen MR) is 106 cm³/mol. The Morgan fingerprint density at radius 3 is 2.29 bits per heavy atom. The summed E-state index contributed by atoms with van der Waals surface area (Å²) in [5, 5.41) is 0.384. The maximum atomic E-state index is 14.2. The van der Waals surface area contributed by atoms with Crippen molar-refractivity contribution in [3.8, 4) is 11.4 Å². The van der Waals surface area contributed by atoms with E-state index >= 15 is 0 Å². The first-order valence-electron chi connectivity index (χ1n) is 8.72. The van der Waals surface area contributed by atoms with Crippen LogP contribution in [-0.4, -0.2) is 16.2 Å². The average Bonchev–Trinajstić information content (AvgIpc) is 2.73. The first kappa shape index (κ1) is 17.7. The van der Waals surface area contributed by atoms with E-state index in [2.05, 4.69) is 0 Å². The molecule has 28 heavy (non-hydrogen) atoms. The van der Waals surface area contributed by atoms with E-state index in [0.29, 0.717) is 27.9 Å². The molecular weight excluding hydrogens is 359 g/mol. The van der Waals surface area contributed by atoms with Gasteiger partial charge in [-0.05, 0) is 42.5 Å². The maximum Gasteiger partial charge on any atom is 0.336 e. The highest BCUT2D eigenvalue weighted by Crippen LogP contribution is 2.16. The molecule has 5 nitrogen and oxygen atoms in total. The fourth-order valence-corrected chi connectivity index (χ4v) is 3.23. The van der Waals surface area contributed by atoms with Crippen molar-refractivity contribution in [3.05, 3.63) is 105 Å². The van der Waals surface area contributed by atoms with Crippen molar-refractivity contribution >= 4 is 10.9 Å². The third-order valence-corrected chi connectivity index (χ3v) is 4.67. The van der Waals surface area contributed by atoms with Crippen molar-refractivity contribution in [1.82, 2.24) is 9.13 Å². The van der Waals surface area contributed by atoms with Gasteiger partial charge < -0.3 is 4.74 Å². The van der Waals surface area contributed by atoms with Crippen LogP contribution in [0, 0.1) is 5.82 Å². The number of ether oxygens (including phenoxy) is 1. The van der Waals surface area contributed by atoms with Gasteiger partial charge in [-0.25, -0.2) is 13.8 Å². The van der Waals surface area contributed by atoms with Gasteiger partial charge in [0.05, 0.1) is 30.2 Å². The van der Waals surface area contributed by atoms with E-state index < -0.39 is 17.1 Å². The number of para-hydroxylation sites is 1. The summed E-state index contributed by atoms with van der Waals surface area (Å²) in [4.78, 5) is 26.3. The summed E-state index contributed by atoms with van der Waals surface area (Å²) in [5.41, 5.74) is 0.303. The zero-order chi connectivity index (χ0) is 19.7. The number of aromatic nitrogens is 2. The molecule has 0 aliphatic rings. The summed E-state index contributed by atoms with van der Waals surface area (Å²) in [5.74, 6) is 0.213. The summed E-state index contributed by atoms with van der Waals surface area (Å²) in [6.07, 6.45) is 0. The number of fused-ring (bicyclic) bond motifs is 1. The molecule has 0 fully saturated rings. The Labute approximate surface area is 159 Å². The molecule has 0 N–H and O–H groups in total. The lowest BCUT2D eigenvalue weighted by molar-refractivity contribution is 0.414. The van der Waals surface area contributed by atoms with E-state index in [-0.39, 0.29) is 6.54 Å². The topological polar surface area (TPSA) is 53.2 Å². The van der Waals surface area contributed by atoms with Crippen molar-refractivity contribution in [3.63, 3.8) is 0 Å². The molecule has 140 valence electrons. The molecule has 0 bridgehead atoms. The minimum absolute atomic E-state index is 0.0163. The molecular formula is C22H17FN2O3. The number of hydrogen-bond donors (Lipinski definition) is 0. The molecule has 6 heteroatoms. The summed E-state index contributed by atoms with van der Waals surface area (Å²) >= 11 is 0. The van der Waals surface area contributed by atoms with Crippen molar-refractivity contribution in [2.45, 2.75) is 6.54 Å². The van der Waals surface area contributed by atoms with Gasteiger partial charge in [-0.3, -0.25) is 9.36 Å². The first-order valence-corrected chi connectivity index (χ1v) is 8.72. The highest BCUT2D eigenvalue weighted by Gasteiger charge is 2.15. The molecule has 0 amide bonds. The lowest BCUT2D eigenvalue weighted by atomic mass is 10.2. The largest absolute Gasteiger partial charge is 0.497 e. The molecule has 0 spiro atoms. The number of halogens is 1. The molecule has 0 saturated carbocycles. The molecule has 4 aromatic rings. The third kappa shape index (κ3) is 2.99. The summed E-state index contributed by atoms with van der Waals surface area (Å²) in [7, 11) is 1.54. The molecule has 3 aromatic carbocycles. The normalized spacial score (nSPS) is 10.9. The monoisotopic (exact) mass is 376 g/mol. The van der Waals surface area contributed by atoms with Crippen LogP contribution in [0.4, 0.5) is 4.39 Å². The Bertz CT molecular complexity index is 1270. The minimum atomic E-state index is -0.530. The van der Waals surface area contributed by atoms with Gasteiger partial charge in [0.15, 0.2) is 0 Å². The highest BCUT2D eigenvalue weighted by atomic mass is 19.1. The molecule has 0 saturated heterocycles. The van der Waals surface area contributed by atoms with E-state index in [0.717, 1.165) is 4.57 Å². The Morgan fingerprint density at radius 1 is 0.893 bits per heavy atom. The van der Waals surface area contributed by atoms with Gasteiger partial charge in [0.2, 0.25) is 0 Å². The third-order valence-electron chi connectivity index (χ3n) is 4.67. The Hall–Kier alpha value is -3.67. The van der Waals surface area contributed by atoms with Gasteiger partial charge in [-0.2, -0.15) is 0 Å². The lowest BCUT2D eigenvalue weighted by Crippen LogP contribution is -2.39. The first-order chi connectivity index (χ1) is 13.6. The molecule has 0 atom stereocenters. The average molecular weight is 376 g/mol. The quantitative estimate of drug-likeness (QED) is 0.549. The van der Waals surface area contributed by atoms with Crippen LogP contribution in [0.25, 0.3) is 16.6 Å². The highest BCUT2D eigenvalue weighted by molar-refractivity contribution is 5.78. The van der Waals surface area contributed by atoms with E-state index in [1.165, 1.54) is 10.6 Å². The molecule has 4 rings (SSSR count). The van der Waals surface area contributed by atoms with Crippen LogP contribution < -0.4 is 16.0 Å². The molecule has 0 radical (unpaired) electrons. The molecule has 0 aliphatic heterocycles. The lowest BCUT2D eigenvalue weighted by Gasteiger charge is -2.15. The standard InChI is InChI=1S/C22H17FN2O3/c1-28-17-12-10-16(11-13-17)25-21(26)18-7-3-5-9-20(18)24(22(25)27)14-15-6-2-4-8-19(15)23/h2-13H,14H2,1H3. The zero-order valence-electron chi connectivity index (χ0n) is 15.1. The Balaban J connectivity index is 2.00. The van der Waals surface area contributed by atoms with Gasteiger partial charge >= 0.3 is 5.69 Å². The number of nitrogens with zero attached hydrogens (tertiary/aromatic N) is 2. The van der Waals surface area contributed by atoms with Crippen LogP contribution in [0.3, 0.4) is 0 Å². The second-order valence-corrected chi connectivity index (χ2v) is 6.32. The smallest absolute Gasteiger partial charge is 0.336 e. The Morgan fingerprint density at radius 2 is 1.57 bits per heavy atom. The SMILES string of the molecule is COc1ccc(-n2c(=O)c3ccccc3n(Cc3ccccc3F)c2=O)cc1. The maximum absolute atomic E-state index is 14.2. The summed E-state index contributed by atoms with van der Waals surface area (Å²) in [6.45, 7) is 0.0163. The molecule has 1 aromatic heterocycles. The van der Waals surface area contributed by atoms with Crippen molar-refractivity contribution in [2.24, 2.45) is 0 Å². The second-order valence-electron chi connectivity index (χ2n) is 6.32. The van der Waals surface area contributed by atoms with Gasteiger partial charge in [-0.1, -0.05) is 30.3 Å². The second kappa shape index (κ2) is 7.15. The fourth-order valence-electron chi connectivity index (χ4n) is 3.23. The van der Waals surface area contributed by atoms with Crippen LogP contribution in [0.1, 0.15) is 5.56 Å². The van der Waals surface area contributed by atoms with E-state index in [9.17, 15) is 14.0 Å². The number of rotatable bonds is 4. The molecule has 0 unspecified atom stereocenters. The number of methoxy groups -OCH3 is 1. The molecule has 1 heterocycles. The molecule has 0 aliphatic carbocycles. The van der Waals surface area contributed by atoms with E-state index in [1.807, 2.05) is 0 Å². The van der Waals surface area contributed by atoms with Gasteiger partial charge in [0, 0.05) is 5.56 Å². The van der Waals surface area contributed by atoms with Crippen LogP contribution >= 0.6 is 0 Å². The van der Waals surface area contributed by atoms with Crippen LogP contribution in [0.2, 0.25) is 0 Å². The fraction of sp³-hybridized carbons (Fsp3) is 0.0909. The predicted octanol–water partition coefficient (Wildman–Crippen LogP) is 3.35. The van der Waals surface area contributed by atoms with Crippen molar-refractivity contribution < 1.29 is 9.13 Å². The van der Waals surface area contributed by atoms with E-state index in [1.54, 1.807) is 73.8 Å². The van der Waals surface area contributed by atoms with Crippen LogP contribution in [0.5, 0.6) is 5.75 Å². The van der Waals surface area contributed by atoms with Crippen LogP contribution in [0.15, 0.2) is 82.4 Å². The van der Waals surface area contributed by atoms with Crippen molar-refractivity contribution in [2.75, 3.05) is 7.11 Å². The summed E-state index contributed by atoms with van der Waals surface area (Å²) < 4.78 is 21.9. The Kier molecular flexibility index (Phi) is 4.53. The van der Waals surface area contributed by atoms with E-state index in [4.69, 9.17) is 4.74 Å². The van der Waals surface area contributed by atoms with Crippen LogP contribution in [-0.2, 0) is 6.54 Å². The number of benzene rings is 3. The van der Waals surface area contributed by atoms with Gasteiger partial charge in [0.25, 0.3) is 5.56 Å². The van der Waals surface area contributed by atoms with Gasteiger partial charge in [0.1, 0.15) is 11.6 Å².